The van der Waals surface area contributed by atoms with Crippen molar-refractivity contribution in [1.82, 2.24) is 10.3 Å². The fraction of sp³-hybridized carbons (Fsp3) is 0.357. The van der Waals surface area contributed by atoms with Gasteiger partial charge in [0.1, 0.15) is 0 Å². The summed E-state index contributed by atoms with van der Waals surface area (Å²) >= 11 is 1.73. The Bertz CT molecular complexity index is 534. The SMILES string of the molecule is CNCc1cnc(N(C)c2ccc(C)cc2C)s1. The molecule has 0 fully saturated rings. The fourth-order valence-corrected chi connectivity index (χ4v) is 2.89. The molecule has 0 saturated heterocycles. The molecule has 0 atom stereocenters. The van der Waals surface area contributed by atoms with Crippen molar-refractivity contribution in [3.63, 3.8) is 0 Å². The Kier molecular flexibility index (Phi) is 3.99. The lowest BCUT2D eigenvalue weighted by atomic mass is 10.1. The van der Waals surface area contributed by atoms with Crippen molar-refractivity contribution in [2.75, 3.05) is 19.0 Å². The molecule has 18 heavy (non-hydrogen) atoms. The van der Waals surface area contributed by atoms with Gasteiger partial charge < -0.3 is 10.2 Å². The summed E-state index contributed by atoms with van der Waals surface area (Å²) in [5, 5.41) is 4.18. The van der Waals surface area contributed by atoms with Crippen LogP contribution in [0.3, 0.4) is 0 Å². The number of benzene rings is 1. The van der Waals surface area contributed by atoms with E-state index >= 15 is 0 Å². The zero-order valence-electron chi connectivity index (χ0n) is 11.3. The Morgan fingerprint density at radius 3 is 2.78 bits per heavy atom. The van der Waals surface area contributed by atoms with Gasteiger partial charge in [-0.25, -0.2) is 4.98 Å². The van der Waals surface area contributed by atoms with Crippen molar-refractivity contribution >= 4 is 22.2 Å². The molecule has 4 heteroatoms. The lowest BCUT2D eigenvalue weighted by molar-refractivity contribution is 0.829. The molecule has 1 heterocycles. The minimum Gasteiger partial charge on any atom is -0.321 e. The van der Waals surface area contributed by atoms with Gasteiger partial charge in [0, 0.05) is 30.4 Å². The number of hydrogen-bond acceptors (Lipinski definition) is 4. The molecule has 0 saturated carbocycles. The van der Waals surface area contributed by atoms with Crippen LogP contribution in [0.15, 0.2) is 24.4 Å². The van der Waals surface area contributed by atoms with Crippen molar-refractivity contribution in [2.24, 2.45) is 0 Å². The maximum absolute atomic E-state index is 4.48. The third kappa shape index (κ3) is 2.71. The smallest absolute Gasteiger partial charge is 0.189 e. The minimum atomic E-state index is 0.873. The quantitative estimate of drug-likeness (QED) is 0.915. The maximum atomic E-state index is 4.48. The second-order valence-electron chi connectivity index (χ2n) is 4.49. The molecule has 0 spiro atoms. The van der Waals surface area contributed by atoms with E-state index in [9.17, 15) is 0 Å². The van der Waals surface area contributed by atoms with Gasteiger partial charge in [-0.05, 0) is 32.5 Å². The highest BCUT2D eigenvalue weighted by Gasteiger charge is 2.10. The molecule has 0 aliphatic heterocycles. The molecule has 0 aliphatic carbocycles. The lowest BCUT2D eigenvalue weighted by Crippen LogP contribution is -2.10. The molecule has 0 radical (unpaired) electrons. The highest BCUT2D eigenvalue weighted by Crippen LogP contribution is 2.30. The van der Waals surface area contributed by atoms with Crippen LogP contribution < -0.4 is 10.2 Å². The van der Waals surface area contributed by atoms with E-state index in [0.717, 1.165) is 11.7 Å². The number of hydrogen-bond donors (Lipinski definition) is 1. The van der Waals surface area contributed by atoms with Crippen LogP contribution in [0.25, 0.3) is 0 Å². The number of nitrogens with zero attached hydrogens (tertiary/aromatic N) is 2. The monoisotopic (exact) mass is 261 g/mol. The molecular formula is C14H19N3S. The topological polar surface area (TPSA) is 28.2 Å². The first kappa shape index (κ1) is 13.1. The summed E-state index contributed by atoms with van der Waals surface area (Å²) < 4.78 is 0. The summed E-state index contributed by atoms with van der Waals surface area (Å²) in [4.78, 5) is 7.88. The summed E-state index contributed by atoms with van der Waals surface area (Å²) in [6, 6.07) is 6.50. The van der Waals surface area contributed by atoms with E-state index < -0.39 is 0 Å². The number of anilines is 2. The predicted octanol–water partition coefficient (Wildman–Crippen LogP) is 3.25. The van der Waals surface area contributed by atoms with E-state index in [1.807, 2.05) is 13.2 Å². The highest BCUT2D eigenvalue weighted by molar-refractivity contribution is 7.15. The zero-order chi connectivity index (χ0) is 13.1. The van der Waals surface area contributed by atoms with Crippen LogP contribution in [0.5, 0.6) is 0 Å². The molecule has 1 aromatic heterocycles. The number of nitrogens with one attached hydrogen (secondary N) is 1. The van der Waals surface area contributed by atoms with Crippen molar-refractivity contribution in [3.8, 4) is 0 Å². The summed E-state index contributed by atoms with van der Waals surface area (Å²) in [6.45, 7) is 5.13. The van der Waals surface area contributed by atoms with E-state index in [-0.39, 0.29) is 0 Å². The maximum Gasteiger partial charge on any atom is 0.189 e. The molecule has 96 valence electrons. The summed E-state index contributed by atoms with van der Waals surface area (Å²) in [7, 11) is 4.02. The highest BCUT2D eigenvalue weighted by atomic mass is 32.1. The molecular weight excluding hydrogens is 242 g/mol. The number of thiazole rings is 1. The largest absolute Gasteiger partial charge is 0.321 e. The number of rotatable bonds is 4. The average molecular weight is 261 g/mol. The zero-order valence-corrected chi connectivity index (χ0v) is 12.1. The van der Waals surface area contributed by atoms with Crippen molar-refractivity contribution < 1.29 is 0 Å². The van der Waals surface area contributed by atoms with Gasteiger partial charge in [0.25, 0.3) is 0 Å². The molecule has 2 rings (SSSR count). The Balaban J connectivity index is 2.26. The average Bonchev–Trinajstić information content (AvgIpc) is 2.77. The third-order valence-corrected chi connectivity index (χ3v) is 3.97. The first-order valence-electron chi connectivity index (χ1n) is 6.02. The molecule has 1 aromatic carbocycles. The van der Waals surface area contributed by atoms with E-state index in [1.54, 1.807) is 11.3 Å². The summed E-state index contributed by atoms with van der Waals surface area (Å²) in [5.74, 6) is 0. The minimum absolute atomic E-state index is 0.873. The second kappa shape index (κ2) is 5.50. The van der Waals surface area contributed by atoms with E-state index in [1.165, 1.54) is 21.7 Å². The Labute approximate surface area is 112 Å². The Morgan fingerprint density at radius 1 is 1.33 bits per heavy atom. The van der Waals surface area contributed by atoms with Gasteiger partial charge in [0.15, 0.2) is 5.13 Å². The summed E-state index contributed by atoms with van der Waals surface area (Å²) in [6.07, 6.45) is 1.94. The van der Waals surface area contributed by atoms with Crippen LogP contribution in [0, 0.1) is 13.8 Å². The first-order chi connectivity index (χ1) is 8.61. The summed E-state index contributed by atoms with van der Waals surface area (Å²) in [5.41, 5.74) is 3.79. The molecule has 0 bridgehead atoms. The van der Waals surface area contributed by atoms with E-state index in [2.05, 4.69) is 54.3 Å². The standard InChI is InChI=1S/C14H19N3S/c1-10-5-6-13(11(2)7-10)17(4)14-16-9-12(18-14)8-15-3/h5-7,9,15H,8H2,1-4H3. The van der Waals surface area contributed by atoms with Crippen LogP contribution in [-0.2, 0) is 6.54 Å². The molecule has 0 aliphatic rings. The van der Waals surface area contributed by atoms with Crippen LogP contribution in [0.2, 0.25) is 0 Å². The van der Waals surface area contributed by atoms with Gasteiger partial charge in [0.2, 0.25) is 0 Å². The molecule has 1 N–H and O–H groups in total. The van der Waals surface area contributed by atoms with Crippen molar-refractivity contribution in [2.45, 2.75) is 20.4 Å². The third-order valence-electron chi connectivity index (χ3n) is 2.89. The molecule has 3 nitrogen and oxygen atoms in total. The van der Waals surface area contributed by atoms with Crippen LogP contribution in [0.1, 0.15) is 16.0 Å². The number of aryl methyl sites for hydroxylation is 2. The molecule has 0 amide bonds. The van der Waals surface area contributed by atoms with Gasteiger partial charge in [0.05, 0.1) is 0 Å². The number of aromatic nitrogens is 1. The lowest BCUT2D eigenvalue weighted by Gasteiger charge is -2.18. The van der Waals surface area contributed by atoms with E-state index in [0.29, 0.717) is 0 Å². The van der Waals surface area contributed by atoms with Crippen molar-refractivity contribution in [3.05, 3.63) is 40.4 Å². The van der Waals surface area contributed by atoms with E-state index in [4.69, 9.17) is 0 Å². The Hall–Kier alpha value is -1.39. The van der Waals surface area contributed by atoms with Crippen LogP contribution >= 0.6 is 11.3 Å². The van der Waals surface area contributed by atoms with Crippen LogP contribution in [0.4, 0.5) is 10.8 Å². The van der Waals surface area contributed by atoms with Crippen LogP contribution in [-0.4, -0.2) is 19.1 Å². The first-order valence-corrected chi connectivity index (χ1v) is 6.83. The fourth-order valence-electron chi connectivity index (χ4n) is 1.99. The van der Waals surface area contributed by atoms with Gasteiger partial charge in [-0.2, -0.15) is 0 Å². The predicted molar refractivity (Wildman–Crippen MR) is 78.9 cm³/mol. The normalized spacial score (nSPS) is 10.7. The van der Waals surface area contributed by atoms with Gasteiger partial charge in [-0.1, -0.05) is 17.7 Å². The van der Waals surface area contributed by atoms with Gasteiger partial charge in [-0.3, -0.25) is 0 Å². The van der Waals surface area contributed by atoms with Gasteiger partial charge >= 0.3 is 0 Å². The van der Waals surface area contributed by atoms with Gasteiger partial charge in [-0.15, -0.1) is 11.3 Å². The Morgan fingerprint density at radius 2 is 2.11 bits per heavy atom. The second-order valence-corrected chi connectivity index (χ2v) is 5.58. The molecule has 0 unspecified atom stereocenters. The molecule has 2 aromatic rings. The van der Waals surface area contributed by atoms with Crippen molar-refractivity contribution in [1.29, 1.82) is 0 Å².